The Morgan fingerprint density at radius 3 is 2.56 bits per heavy atom. The van der Waals surface area contributed by atoms with Crippen molar-refractivity contribution in [2.75, 3.05) is 13.2 Å². The van der Waals surface area contributed by atoms with Gasteiger partial charge in [0.15, 0.2) is 0 Å². The van der Waals surface area contributed by atoms with Crippen LogP contribution in [0.15, 0.2) is 30.3 Å². The fourth-order valence-corrected chi connectivity index (χ4v) is 1.90. The van der Waals surface area contributed by atoms with Crippen LogP contribution in [0.4, 0.5) is 0 Å². The number of benzene rings is 1. The van der Waals surface area contributed by atoms with Crippen molar-refractivity contribution in [2.24, 2.45) is 0 Å². The molecule has 0 unspecified atom stereocenters. The van der Waals surface area contributed by atoms with Crippen LogP contribution in [0.5, 0.6) is 0 Å². The van der Waals surface area contributed by atoms with Crippen LogP contribution in [0.3, 0.4) is 0 Å². The molecule has 0 spiro atoms. The molecule has 1 aromatic carbocycles. The van der Waals surface area contributed by atoms with Crippen LogP contribution in [0.1, 0.15) is 25.8 Å². The lowest BCUT2D eigenvalue weighted by Gasteiger charge is -2.28. The molecular weight excluding hydrogens is 202 g/mol. The Morgan fingerprint density at radius 2 is 2.00 bits per heavy atom. The summed E-state index contributed by atoms with van der Waals surface area (Å²) < 4.78 is 0. The molecular formula is C13H17NO2. The van der Waals surface area contributed by atoms with Crippen molar-refractivity contribution in [1.29, 1.82) is 0 Å². The topological polar surface area (TPSA) is 29.5 Å². The van der Waals surface area contributed by atoms with E-state index in [9.17, 15) is 4.79 Å². The number of amides is 1. The van der Waals surface area contributed by atoms with E-state index in [0.29, 0.717) is 13.2 Å². The van der Waals surface area contributed by atoms with E-state index >= 15 is 0 Å². The first kappa shape index (κ1) is 11.1. The van der Waals surface area contributed by atoms with Gasteiger partial charge in [-0.05, 0) is 25.8 Å². The van der Waals surface area contributed by atoms with E-state index in [1.165, 1.54) is 5.06 Å². The summed E-state index contributed by atoms with van der Waals surface area (Å²) in [6.45, 7) is 5.23. The zero-order valence-electron chi connectivity index (χ0n) is 9.77. The molecule has 0 bridgehead atoms. The molecule has 1 fully saturated rings. The van der Waals surface area contributed by atoms with Crippen molar-refractivity contribution in [3.05, 3.63) is 35.9 Å². The molecule has 1 aromatic rings. The zero-order chi connectivity index (χ0) is 11.6. The van der Waals surface area contributed by atoms with Gasteiger partial charge in [-0.25, -0.2) is 5.06 Å². The van der Waals surface area contributed by atoms with E-state index in [-0.39, 0.29) is 5.91 Å². The van der Waals surface area contributed by atoms with Gasteiger partial charge in [-0.15, -0.1) is 0 Å². The Hall–Kier alpha value is -1.35. The first-order valence-corrected chi connectivity index (χ1v) is 5.63. The van der Waals surface area contributed by atoms with Crippen molar-refractivity contribution < 1.29 is 9.63 Å². The van der Waals surface area contributed by atoms with E-state index in [4.69, 9.17) is 4.84 Å². The monoisotopic (exact) mass is 219 g/mol. The van der Waals surface area contributed by atoms with Gasteiger partial charge in [-0.2, -0.15) is 0 Å². The van der Waals surface area contributed by atoms with E-state index in [2.05, 4.69) is 0 Å². The van der Waals surface area contributed by atoms with Crippen LogP contribution < -0.4 is 0 Å². The number of hydrogen-bond acceptors (Lipinski definition) is 2. The molecule has 3 heteroatoms. The minimum Gasteiger partial charge on any atom is -0.272 e. The van der Waals surface area contributed by atoms with E-state index in [1.807, 2.05) is 44.2 Å². The molecule has 0 radical (unpaired) electrons. The lowest BCUT2D eigenvalue weighted by Crippen LogP contribution is -2.41. The van der Waals surface area contributed by atoms with Crippen molar-refractivity contribution in [1.82, 2.24) is 5.06 Å². The maximum absolute atomic E-state index is 12.3. The fraction of sp³-hybridized carbons (Fsp3) is 0.462. The van der Waals surface area contributed by atoms with Crippen molar-refractivity contribution >= 4 is 5.91 Å². The Morgan fingerprint density at radius 1 is 1.31 bits per heavy atom. The first-order chi connectivity index (χ1) is 7.62. The van der Waals surface area contributed by atoms with Crippen LogP contribution in [-0.2, 0) is 15.0 Å². The normalized spacial score (nSPS) is 16.5. The molecule has 0 saturated carbocycles. The third-order valence-electron chi connectivity index (χ3n) is 3.01. The lowest BCUT2D eigenvalue weighted by atomic mass is 9.83. The molecule has 1 aliphatic heterocycles. The summed E-state index contributed by atoms with van der Waals surface area (Å²) in [7, 11) is 0. The molecule has 16 heavy (non-hydrogen) atoms. The van der Waals surface area contributed by atoms with Crippen molar-refractivity contribution in [2.45, 2.75) is 25.7 Å². The van der Waals surface area contributed by atoms with Gasteiger partial charge >= 0.3 is 0 Å². The SMILES string of the molecule is CC(C)(C(=O)N1CCCO1)c1ccccc1. The minimum atomic E-state index is -0.522. The van der Waals surface area contributed by atoms with Gasteiger partial charge in [0, 0.05) is 0 Å². The molecule has 0 atom stereocenters. The highest BCUT2D eigenvalue weighted by Crippen LogP contribution is 2.26. The van der Waals surface area contributed by atoms with E-state index in [1.54, 1.807) is 0 Å². The Labute approximate surface area is 96.0 Å². The molecule has 1 amide bonds. The van der Waals surface area contributed by atoms with Crippen molar-refractivity contribution in [3.8, 4) is 0 Å². The number of rotatable bonds is 2. The second kappa shape index (κ2) is 4.26. The number of carbonyl (C=O) groups is 1. The Kier molecular flexibility index (Phi) is 2.97. The van der Waals surface area contributed by atoms with E-state index in [0.717, 1.165) is 12.0 Å². The standard InChI is InChI=1S/C13H17NO2/c1-13(2,11-7-4-3-5-8-11)12(15)14-9-6-10-16-14/h3-5,7-8H,6,9-10H2,1-2H3. The van der Waals surface area contributed by atoms with Crippen LogP contribution >= 0.6 is 0 Å². The second-order valence-corrected chi connectivity index (χ2v) is 4.59. The number of carbonyl (C=O) groups excluding carboxylic acids is 1. The average molecular weight is 219 g/mol. The number of hydroxylamine groups is 2. The molecule has 1 heterocycles. The van der Waals surface area contributed by atoms with Gasteiger partial charge in [0.1, 0.15) is 0 Å². The number of hydrogen-bond donors (Lipinski definition) is 0. The molecule has 2 rings (SSSR count). The lowest BCUT2D eigenvalue weighted by molar-refractivity contribution is -0.174. The Bertz CT molecular complexity index is 367. The molecule has 0 N–H and O–H groups in total. The quantitative estimate of drug-likeness (QED) is 0.762. The Balaban J connectivity index is 2.21. The summed E-state index contributed by atoms with van der Waals surface area (Å²) in [5.74, 6) is 0.0381. The van der Waals surface area contributed by atoms with Gasteiger partial charge in [0.05, 0.1) is 18.6 Å². The fourth-order valence-electron chi connectivity index (χ4n) is 1.90. The third-order valence-corrected chi connectivity index (χ3v) is 3.01. The average Bonchev–Trinajstić information content (AvgIpc) is 2.82. The summed E-state index contributed by atoms with van der Waals surface area (Å²) in [6.07, 6.45) is 0.927. The van der Waals surface area contributed by atoms with Gasteiger partial charge in [0.25, 0.3) is 5.91 Å². The predicted octanol–water partition coefficient (Wildman–Crippen LogP) is 2.13. The highest BCUT2D eigenvalue weighted by Gasteiger charge is 2.35. The minimum absolute atomic E-state index is 0.0381. The molecule has 1 aliphatic rings. The van der Waals surface area contributed by atoms with Gasteiger partial charge < -0.3 is 0 Å². The predicted molar refractivity (Wildman–Crippen MR) is 61.8 cm³/mol. The van der Waals surface area contributed by atoms with Gasteiger partial charge in [-0.1, -0.05) is 30.3 Å². The second-order valence-electron chi connectivity index (χ2n) is 4.59. The summed E-state index contributed by atoms with van der Waals surface area (Å²) in [6, 6.07) is 9.82. The van der Waals surface area contributed by atoms with Crippen molar-refractivity contribution in [3.63, 3.8) is 0 Å². The summed E-state index contributed by atoms with van der Waals surface area (Å²) in [4.78, 5) is 17.6. The largest absolute Gasteiger partial charge is 0.272 e. The highest BCUT2D eigenvalue weighted by atomic mass is 16.7. The number of nitrogens with zero attached hydrogens (tertiary/aromatic N) is 1. The van der Waals surface area contributed by atoms with Crippen LogP contribution in [0.25, 0.3) is 0 Å². The van der Waals surface area contributed by atoms with E-state index < -0.39 is 5.41 Å². The molecule has 86 valence electrons. The van der Waals surface area contributed by atoms with Crippen LogP contribution in [0, 0.1) is 0 Å². The zero-order valence-corrected chi connectivity index (χ0v) is 9.77. The molecule has 0 aromatic heterocycles. The van der Waals surface area contributed by atoms with Crippen LogP contribution in [0.2, 0.25) is 0 Å². The molecule has 3 nitrogen and oxygen atoms in total. The molecule has 0 aliphatic carbocycles. The third kappa shape index (κ3) is 1.95. The van der Waals surface area contributed by atoms with Gasteiger partial charge in [0.2, 0.25) is 0 Å². The molecule has 1 saturated heterocycles. The summed E-state index contributed by atoms with van der Waals surface area (Å²) in [5, 5.41) is 1.49. The maximum Gasteiger partial charge on any atom is 0.256 e. The smallest absolute Gasteiger partial charge is 0.256 e. The first-order valence-electron chi connectivity index (χ1n) is 5.63. The highest BCUT2D eigenvalue weighted by molar-refractivity contribution is 5.86. The van der Waals surface area contributed by atoms with Gasteiger partial charge in [-0.3, -0.25) is 9.63 Å². The summed E-state index contributed by atoms with van der Waals surface area (Å²) in [5.41, 5.74) is 0.501. The summed E-state index contributed by atoms with van der Waals surface area (Å²) >= 11 is 0. The maximum atomic E-state index is 12.3. The van der Waals surface area contributed by atoms with Crippen LogP contribution in [-0.4, -0.2) is 24.1 Å².